The minimum absolute atomic E-state index is 0.0430. The van der Waals surface area contributed by atoms with Crippen molar-refractivity contribution in [3.05, 3.63) is 0 Å². The fraction of sp³-hybridized carbons (Fsp3) is 0.917. The summed E-state index contributed by atoms with van der Waals surface area (Å²) in [5.74, 6) is 1.38. The zero-order valence-corrected chi connectivity index (χ0v) is 10.3. The van der Waals surface area contributed by atoms with Gasteiger partial charge in [-0.3, -0.25) is 0 Å². The Labute approximate surface area is 96.6 Å². The van der Waals surface area contributed by atoms with Crippen LogP contribution in [-0.2, 0) is 4.74 Å². The van der Waals surface area contributed by atoms with E-state index in [9.17, 15) is 9.90 Å². The van der Waals surface area contributed by atoms with Gasteiger partial charge in [0.05, 0.1) is 12.6 Å². The quantitative estimate of drug-likeness (QED) is 0.740. The van der Waals surface area contributed by atoms with Crippen molar-refractivity contribution in [1.29, 1.82) is 0 Å². The lowest BCUT2D eigenvalue weighted by atomic mass is 10.0. The number of fused-ring (bicyclic) bond motifs is 1. The molecule has 1 saturated heterocycles. The number of nitrogens with zero attached hydrogens (tertiary/aromatic N) is 1. The number of hydrogen-bond acceptors (Lipinski definition) is 3. The Morgan fingerprint density at radius 1 is 1.38 bits per heavy atom. The Morgan fingerprint density at radius 3 is 2.62 bits per heavy atom. The number of aliphatic hydroxyl groups excluding tert-OH is 1. The molecule has 0 aromatic heterocycles. The van der Waals surface area contributed by atoms with E-state index in [1.54, 1.807) is 4.90 Å². The van der Waals surface area contributed by atoms with Gasteiger partial charge in [-0.05, 0) is 45.4 Å². The molecule has 2 rings (SSSR count). The molecule has 1 saturated carbocycles. The highest BCUT2D eigenvalue weighted by molar-refractivity contribution is 5.69. The van der Waals surface area contributed by atoms with Crippen LogP contribution in [0.3, 0.4) is 0 Å². The van der Waals surface area contributed by atoms with E-state index in [4.69, 9.17) is 4.74 Å². The van der Waals surface area contributed by atoms with Crippen LogP contribution in [0.15, 0.2) is 0 Å². The smallest absolute Gasteiger partial charge is 0.410 e. The Morgan fingerprint density at radius 2 is 2.06 bits per heavy atom. The van der Waals surface area contributed by atoms with Crippen molar-refractivity contribution < 1.29 is 14.6 Å². The molecule has 92 valence electrons. The van der Waals surface area contributed by atoms with Crippen molar-refractivity contribution in [1.82, 2.24) is 4.90 Å². The van der Waals surface area contributed by atoms with Gasteiger partial charge in [-0.25, -0.2) is 4.79 Å². The summed E-state index contributed by atoms with van der Waals surface area (Å²) in [7, 11) is 0. The predicted octanol–water partition coefficient (Wildman–Crippen LogP) is 1.62. The standard InChI is InChI=1S/C12H21NO3/c1-12(2,3)16-11(15)13-6-9-4-8(9)5-10(13)7-14/h8-10,14H,4-7H2,1-3H3/t8-,9-,10-/m0/s1. The molecule has 1 aliphatic heterocycles. The lowest BCUT2D eigenvalue weighted by Gasteiger charge is -2.35. The van der Waals surface area contributed by atoms with E-state index in [0.29, 0.717) is 5.92 Å². The predicted molar refractivity (Wildman–Crippen MR) is 60.0 cm³/mol. The Hall–Kier alpha value is -0.770. The van der Waals surface area contributed by atoms with Crippen LogP contribution < -0.4 is 0 Å². The number of aliphatic hydroxyl groups is 1. The molecular weight excluding hydrogens is 206 g/mol. The molecular formula is C12H21NO3. The molecule has 2 fully saturated rings. The highest BCUT2D eigenvalue weighted by atomic mass is 16.6. The zero-order valence-electron chi connectivity index (χ0n) is 10.3. The van der Waals surface area contributed by atoms with E-state index in [1.165, 1.54) is 6.42 Å². The van der Waals surface area contributed by atoms with Crippen molar-refractivity contribution in [2.75, 3.05) is 13.2 Å². The number of amides is 1. The van der Waals surface area contributed by atoms with Crippen LogP contribution in [0.2, 0.25) is 0 Å². The van der Waals surface area contributed by atoms with Crippen molar-refractivity contribution >= 4 is 6.09 Å². The lowest BCUT2D eigenvalue weighted by Crippen LogP contribution is -2.48. The Bertz CT molecular complexity index is 284. The van der Waals surface area contributed by atoms with Crippen LogP contribution in [0.1, 0.15) is 33.6 Å². The first kappa shape index (κ1) is 11.7. The molecule has 2 aliphatic rings. The third-order valence-corrected chi connectivity index (χ3v) is 3.35. The normalized spacial score (nSPS) is 33.2. The van der Waals surface area contributed by atoms with Crippen LogP contribution >= 0.6 is 0 Å². The summed E-state index contributed by atoms with van der Waals surface area (Å²) in [6.07, 6.45) is 1.85. The number of rotatable bonds is 1. The summed E-state index contributed by atoms with van der Waals surface area (Å²) in [6.45, 7) is 6.39. The van der Waals surface area contributed by atoms with Gasteiger partial charge < -0.3 is 14.7 Å². The van der Waals surface area contributed by atoms with Gasteiger partial charge in [0.2, 0.25) is 0 Å². The van der Waals surface area contributed by atoms with Gasteiger partial charge >= 0.3 is 6.09 Å². The van der Waals surface area contributed by atoms with Crippen LogP contribution in [0.5, 0.6) is 0 Å². The number of piperidine rings is 1. The minimum Gasteiger partial charge on any atom is -0.444 e. The third kappa shape index (κ3) is 2.48. The second-order valence-electron chi connectivity index (χ2n) is 5.96. The largest absolute Gasteiger partial charge is 0.444 e. The summed E-state index contributed by atoms with van der Waals surface area (Å²) in [5, 5.41) is 9.30. The maximum atomic E-state index is 11.9. The number of hydrogen-bond donors (Lipinski definition) is 1. The van der Waals surface area contributed by atoms with Gasteiger partial charge in [-0.15, -0.1) is 0 Å². The molecule has 4 heteroatoms. The molecule has 16 heavy (non-hydrogen) atoms. The molecule has 0 spiro atoms. The van der Waals surface area contributed by atoms with Gasteiger partial charge in [0.25, 0.3) is 0 Å². The average molecular weight is 227 g/mol. The first-order chi connectivity index (χ1) is 7.40. The lowest BCUT2D eigenvalue weighted by molar-refractivity contribution is 0.000449. The summed E-state index contributed by atoms with van der Waals surface area (Å²) < 4.78 is 5.35. The molecule has 3 atom stereocenters. The van der Waals surface area contributed by atoms with Crippen LogP contribution in [-0.4, -0.2) is 40.9 Å². The van der Waals surface area contributed by atoms with E-state index in [1.807, 2.05) is 20.8 Å². The van der Waals surface area contributed by atoms with Gasteiger partial charge in [0.15, 0.2) is 0 Å². The number of likely N-dealkylation sites (tertiary alicyclic amines) is 1. The molecule has 0 radical (unpaired) electrons. The van der Waals surface area contributed by atoms with Crippen LogP contribution in [0.4, 0.5) is 4.79 Å². The van der Waals surface area contributed by atoms with E-state index in [0.717, 1.165) is 18.9 Å². The monoisotopic (exact) mass is 227 g/mol. The van der Waals surface area contributed by atoms with Crippen molar-refractivity contribution in [2.45, 2.75) is 45.3 Å². The first-order valence-corrected chi connectivity index (χ1v) is 6.01. The minimum atomic E-state index is -0.461. The van der Waals surface area contributed by atoms with E-state index in [2.05, 4.69) is 0 Å². The number of carbonyl (C=O) groups excluding carboxylic acids is 1. The molecule has 4 nitrogen and oxygen atoms in total. The topological polar surface area (TPSA) is 49.8 Å². The number of ether oxygens (including phenoxy) is 1. The molecule has 1 aliphatic carbocycles. The number of carbonyl (C=O) groups is 1. The van der Waals surface area contributed by atoms with Crippen molar-refractivity contribution in [3.8, 4) is 0 Å². The average Bonchev–Trinajstić information content (AvgIpc) is 2.90. The molecule has 1 N–H and O–H groups in total. The van der Waals surface area contributed by atoms with Gasteiger partial charge in [0.1, 0.15) is 5.60 Å². The van der Waals surface area contributed by atoms with E-state index in [-0.39, 0.29) is 18.7 Å². The van der Waals surface area contributed by atoms with Crippen molar-refractivity contribution in [3.63, 3.8) is 0 Å². The van der Waals surface area contributed by atoms with Gasteiger partial charge in [-0.1, -0.05) is 0 Å². The van der Waals surface area contributed by atoms with E-state index >= 15 is 0 Å². The van der Waals surface area contributed by atoms with Crippen molar-refractivity contribution in [2.24, 2.45) is 11.8 Å². The fourth-order valence-electron chi connectivity index (χ4n) is 2.42. The maximum absolute atomic E-state index is 11.9. The maximum Gasteiger partial charge on any atom is 0.410 e. The molecule has 0 bridgehead atoms. The highest BCUT2D eigenvalue weighted by Gasteiger charge is 2.47. The molecule has 1 amide bonds. The highest BCUT2D eigenvalue weighted by Crippen LogP contribution is 2.47. The summed E-state index contributed by atoms with van der Waals surface area (Å²) in [6, 6.07) is -0.0430. The fourth-order valence-corrected chi connectivity index (χ4v) is 2.42. The third-order valence-electron chi connectivity index (χ3n) is 3.35. The molecule has 1 heterocycles. The second kappa shape index (κ2) is 3.91. The zero-order chi connectivity index (χ0) is 11.9. The summed E-state index contributed by atoms with van der Waals surface area (Å²) >= 11 is 0. The first-order valence-electron chi connectivity index (χ1n) is 6.01. The van der Waals surface area contributed by atoms with E-state index < -0.39 is 5.60 Å². The Kier molecular flexibility index (Phi) is 2.86. The molecule has 0 aromatic rings. The Balaban J connectivity index is 1.98. The van der Waals surface area contributed by atoms with Gasteiger partial charge in [-0.2, -0.15) is 0 Å². The molecule has 0 unspecified atom stereocenters. The second-order valence-corrected chi connectivity index (χ2v) is 5.96. The SMILES string of the molecule is CC(C)(C)OC(=O)N1C[C@@H]2C[C@H]2C[C@H]1CO. The van der Waals surface area contributed by atoms with Gasteiger partial charge in [0, 0.05) is 6.54 Å². The summed E-state index contributed by atoms with van der Waals surface area (Å²) in [4.78, 5) is 13.6. The summed E-state index contributed by atoms with van der Waals surface area (Å²) in [5.41, 5.74) is -0.461. The van der Waals surface area contributed by atoms with Crippen LogP contribution in [0, 0.1) is 11.8 Å². The van der Waals surface area contributed by atoms with Crippen LogP contribution in [0.25, 0.3) is 0 Å². The molecule has 0 aromatic carbocycles.